The Balaban J connectivity index is 2.05. The molecule has 0 fully saturated rings. The number of nitrogens with two attached hydrogens (primary N) is 1. The van der Waals surface area contributed by atoms with E-state index in [1.807, 2.05) is 54.6 Å². The number of para-hydroxylation sites is 1. The van der Waals surface area contributed by atoms with Crippen LogP contribution in [-0.2, 0) is 0 Å². The van der Waals surface area contributed by atoms with Crippen LogP contribution in [0.4, 0.5) is 5.82 Å². The van der Waals surface area contributed by atoms with Crippen molar-refractivity contribution in [2.24, 2.45) is 0 Å². The Bertz CT molecular complexity index is 1080. The van der Waals surface area contributed by atoms with Gasteiger partial charge in [-0.15, -0.1) is 5.10 Å². The summed E-state index contributed by atoms with van der Waals surface area (Å²) in [7, 11) is 0. The van der Waals surface area contributed by atoms with E-state index in [0.717, 1.165) is 22.3 Å². The number of nitrogens with zero attached hydrogens (tertiary/aromatic N) is 3. The van der Waals surface area contributed by atoms with Crippen molar-refractivity contribution in [2.75, 3.05) is 5.73 Å². The first-order valence-corrected chi connectivity index (χ1v) is 8.02. The van der Waals surface area contributed by atoms with Crippen molar-refractivity contribution in [1.29, 1.82) is 0 Å². The monoisotopic (exact) mass is 353 g/mol. The normalized spacial score (nSPS) is 11.0. The minimum Gasteiger partial charge on any atom is -0.382 e. The predicted molar refractivity (Wildman–Crippen MR) is 98.9 cm³/mol. The Kier molecular flexibility index (Phi) is 3.55. The molecule has 2 heterocycles. The maximum absolute atomic E-state index is 6.18. The van der Waals surface area contributed by atoms with E-state index < -0.39 is 0 Å². The van der Waals surface area contributed by atoms with E-state index in [0.29, 0.717) is 21.3 Å². The number of H-pyrrole nitrogens is 1. The molecule has 0 spiro atoms. The summed E-state index contributed by atoms with van der Waals surface area (Å²) in [5.41, 5.74) is 9.36. The standard InChI is InChI=1S/C17H12ClN5S/c18-11-8-6-10(7-9-11)14-13-15(19)22-23(12-4-2-1-3-5-12)16(13)21-17(24)20-14/h1-9H,(H2,19,22)(H,20,21,24). The number of fused-ring (bicyclic) bond motifs is 1. The van der Waals surface area contributed by atoms with E-state index in [1.54, 1.807) is 4.68 Å². The summed E-state index contributed by atoms with van der Waals surface area (Å²) in [5.74, 6) is 0.387. The van der Waals surface area contributed by atoms with Crippen LogP contribution in [0.2, 0.25) is 5.02 Å². The van der Waals surface area contributed by atoms with Gasteiger partial charge in [0.2, 0.25) is 0 Å². The van der Waals surface area contributed by atoms with Crippen LogP contribution < -0.4 is 5.73 Å². The summed E-state index contributed by atoms with van der Waals surface area (Å²) in [6.45, 7) is 0. The number of benzene rings is 2. The molecule has 0 unspecified atom stereocenters. The van der Waals surface area contributed by atoms with Crippen LogP contribution in [0.5, 0.6) is 0 Å². The molecule has 0 aliphatic heterocycles. The Labute approximate surface area is 147 Å². The first-order chi connectivity index (χ1) is 11.6. The summed E-state index contributed by atoms with van der Waals surface area (Å²) in [5, 5.41) is 5.84. The van der Waals surface area contributed by atoms with Crippen LogP contribution in [0.3, 0.4) is 0 Å². The average Bonchev–Trinajstić information content (AvgIpc) is 2.92. The van der Waals surface area contributed by atoms with E-state index in [9.17, 15) is 0 Å². The molecule has 2 aromatic heterocycles. The molecule has 0 aliphatic rings. The molecular formula is C17H12ClN5S. The Morgan fingerprint density at radius 2 is 1.75 bits per heavy atom. The van der Waals surface area contributed by atoms with Gasteiger partial charge in [0.15, 0.2) is 16.2 Å². The maximum Gasteiger partial charge on any atom is 0.199 e. The number of halogens is 1. The minimum atomic E-state index is 0.365. The molecule has 4 rings (SSSR count). The van der Waals surface area contributed by atoms with Crippen LogP contribution in [0.15, 0.2) is 54.6 Å². The zero-order valence-electron chi connectivity index (χ0n) is 12.4. The fraction of sp³-hybridized carbons (Fsp3) is 0. The Hall–Kier alpha value is -2.70. The smallest absolute Gasteiger partial charge is 0.199 e. The second-order valence-corrected chi connectivity index (χ2v) is 6.08. The Morgan fingerprint density at radius 1 is 1.04 bits per heavy atom. The van der Waals surface area contributed by atoms with Crippen molar-refractivity contribution < 1.29 is 0 Å². The summed E-state index contributed by atoms with van der Waals surface area (Å²) in [6.07, 6.45) is 0. The van der Waals surface area contributed by atoms with Crippen molar-refractivity contribution in [2.45, 2.75) is 0 Å². The molecule has 0 saturated heterocycles. The third kappa shape index (κ3) is 2.46. The van der Waals surface area contributed by atoms with Crippen LogP contribution >= 0.6 is 23.8 Å². The minimum absolute atomic E-state index is 0.365. The van der Waals surface area contributed by atoms with E-state index >= 15 is 0 Å². The summed E-state index contributed by atoms with van der Waals surface area (Å²) < 4.78 is 2.07. The molecule has 24 heavy (non-hydrogen) atoms. The van der Waals surface area contributed by atoms with Crippen molar-refractivity contribution >= 4 is 40.7 Å². The third-order valence-corrected chi connectivity index (χ3v) is 4.16. The molecule has 5 nitrogen and oxygen atoms in total. The first kappa shape index (κ1) is 14.9. The molecule has 0 saturated carbocycles. The predicted octanol–water partition coefficient (Wildman–Crippen LogP) is 4.38. The lowest BCUT2D eigenvalue weighted by atomic mass is 10.1. The lowest BCUT2D eigenvalue weighted by Crippen LogP contribution is -1.98. The van der Waals surface area contributed by atoms with Crippen molar-refractivity contribution in [1.82, 2.24) is 19.7 Å². The molecule has 118 valence electrons. The number of hydrogen-bond acceptors (Lipinski definition) is 4. The van der Waals surface area contributed by atoms with Gasteiger partial charge in [0.25, 0.3) is 0 Å². The number of anilines is 1. The average molecular weight is 354 g/mol. The number of nitrogens with one attached hydrogen (secondary N) is 1. The summed E-state index contributed by atoms with van der Waals surface area (Å²) >= 11 is 11.3. The molecule has 7 heteroatoms. The number of aromatic amines is 1. The highest BCUT2D eigenvalue weighted by atomic mass is 35.5. The topological polar surface area (TPSA) is 72.5 Å². The largest absolute Gasteiger partial charge is 0.382 e. The van der Waals surface area contributed by atoms with Gasteiger partial charge in [-0.2, -0.15) is 4.98 Å². The van der Waals surface area contributed by atoms with E-state index in [1.165, 1.54) is 0 Å². The molecule has 0 atom stereocenters. The van der Waals surface area contributed by atoms with Crippen molar-refractivity contribution in [3.63, 3.8) is 0 Å². The molecule has 0 amide bonds. The van der Waals surface area contributed by atoms with Gasteiger partial charge >= 0.3 is 0 Å². The molecule has 2 aromatic carbocycles. The van der Waals surface area contributed by atoms with Crippen LogP contribution in [0, 0.1) is 4.77 Å². The highest BCUT2D eigenvalue weighted by Crippen LogP contribution is 2.31. The molecule has 3 N–H and O–H groups in total. The SMILES string of the molecule is Nc1nn(-c2ccccc2)c2nc(=S)[nH]c(-c3ccc(Cl)cc3)c12. The highest BCUT2D eigenvalue weighted by Gasteiger charge is 2.16. The second kappa shape index (κ2) is 5.74. The van der Waals surface area contributed by atoms with Crippen molar-refractivity contribution in [3.05, 3.63) is 64.4 Å². The van der Waals surface area contributed by atoms with Gasteiger partial charge in [-0.05, 0) is 42.0 Å². The van der Waals surface area contributed by atoms with Crippen LogP contribution in [0.25, 0.3) is 28.0 Å². The fourth-order valence-corrected chi connectivity index (χ4v) is 2.96. The first-order valence-electron chi connectivity index (χ1n) is 7.23. The molecule has 0 bridgehead atoms. The van der Waals surface area contributed by atoms with Gasteiger partial charge in [0, 0.05) is 5.02 Å². The molecule has 4 aromatic rings. The summed E-state index contributed by atoms with van der Waals surface area (Å²) in [6, 6.07) is 17.1. The summed E-state index contributed by atoms with van der Waals surface area (Å²) in [4.78, 5) is 7.55. The van der Waals surface area contributed by atoms with Gasteiger partial charge in [0.05, 0.1) is 16.8 Å². The molecular weight excluding hydrogens is 342 g/mol. The lowest BCUT2D eigenvalue weighted by molar-refractivity contribution is 0.899. The number of hydrogen-bond donors (Lipinski definition) is 2. The molecule has 0 aliphatic carbocycles. The Morgan fingerprint density at radius 3 is 2.46 bits per heavy atom. The van der Waals surface area contributed by atoms with Gasteiger partial charge in [0.1, 0.15) is 0 Å². The fourth-order valence-electron chi connectivity index (χ4n) is 2.64. The maximum atomic E-state index is 6.18. The quantitative estimate of drug-likeness (QED) is 0.524. The molecule has 0 radical (unpaired) electrons. The lowest BCUT2D eigenvalue weighted by Gasteiger charge is -2.06. The van der Waals surface area contributed by atoms with Gasteiger partial charge in [-0.1, -0.05) is 41.9 Å². The number of aromatic nitrogens is 4. The highest BCUT2D eigenvalue weighted by molar-refractivity contribution is 7.71. The van der Waals surface area contributed by atoms with Gasteiger partial charge < -0.3 is 10.7 Å². The van der Waals surface area contributed by atoms with Crippen LogP contribution in [0.1, 0.15) is 0 Å². The third-order valence-electron chi connectivity index (χ3n) is 3.71. The number of rotatable bonds is 2. The van der Waals surface area contributed by atoms with Gasteiger partial charge in [-0.25, -0.2) is 4.68 Å². The van der Waals surface area contributed by atoms with E-state index in [2.05, 4.69) is 15.1 Å². The van der Waals surface area contributed by atoms with E-state index in [4.69, 9.17) is 29.6 Å². The van der Waals surface area contributed by atoms with E-state index in [-0.39, 0.29) is 0 Å². The number of nitrogen functional groups attached to an aromatic ring is 1. The van der Waals surface area contributed by atoms with Gasteiger partial charge in [-0.3, -0.25) is 0 Å². The van der Waals surface area contributed by atoms with Crippen molar-refractivity contribution in [3.8, 4) is 16.9 Å². The van der Waals surface area contributed by atoms with Crippen LogP contribution in [-0.4, -0.2) is 19.7 Å². The zero-order valence-corrected chi connectivity index (χ0v) is 14.0. The zero-order chi connectivity index (χ0) is 16.7. The second-order valence-electron chi connectivity index (χ2n) is 5.26.